The SMILES string of the molecule is CCCCN(CCOC(=O)C1CCNCC1)SSN(CCCC)CCOC(=O)C1CCNCC1. The molecule has 0 radical (unpaired) electrons. The second-order valence-electron chi connectivity index (χ2n) is 9.10. The van der Waals surface area contributed by atoms with Gasteiger partial charge in [0.25, 0.3) is 0 Å². The van der Waals surface area contributed by atoms with Crippen LogP contribution in [-0.2, 0) is 19.1 Å². The predicted molar refractivity (Wildman–Crippen MR) is 141 cm³/mol. The van der Waals surface area contributed by atoms with Crippen LogP contribution in [0.25, 0.3) is 0 Å². The number of piperidine rings is 2. The first-order valence-corrected chi connectivity index (χ1v) is 15.3. The van der Waals surface area contributed by atoms with E-state index in [1.807, 2.05) is 0 Å². The summed E-state index contributed by atoms with van der Waals surface area (Å²) in [6, 6.07) is 0. The Bertz CT molecular complexity index is 513. The molecule has 34 heavy (non-hydrogen) atoms. The summed E-state index contributed by atoms with van der Waals surface area (Å²) in [6.45, 7) is 12.2. The Balaban J connectivity index is 1.72. The summed E-state index contributed by atoms with van der Waals surface area (Å²) in [4.78, 5) is 24.7. The van der Waals surface area contributed by atoms with Crippen LogP contribution in [0.15, 0.2) is 0 Å². The molecule has 2 saturated heterocycles. The highest BCUT2D eigenvalue weighted by atomic mass is 33.1. The van der Waals surface area contributed by atoms with Gasteiger partial charge in [-0.1, -0.05) is 26.7 Å². The maximum Gasteiger partial charge on any atom is 0.309 e. The number of nitrogens with zero attached hydrogens (tertiary/aromatic N) is 2. The van der Waals surface area contributed by atoms with Crippen molar-refractivity contribution in [2.75, 3.05) is 65.6 Å². The van der Waals surface area contributed by atoms with Crippen LogP contribution in [-0.4, -0.2) is 86.1 Å². The molecule has 198 valence electrons. The lowest BCUT2D eigenvalue weighted by molar-refractivity contribution is -0.150. The molecular formula is C24H46N4O4S2. The molecule has 2 heterocycles. The van der Waals surface area contributed by atoms with Crippen LogP contribution in [0.4, 0.5) is 0 Å². The van der Waals surface area contributed by atoms with Crippen LogP contribution >= 0.6 is 22.0 Å². The first kappa shape index (κ1) is 29.7. The van der Waals surface area contributed by atoms with Crippen molar-refractivity contribution in [1.29, 1.82) is 0 Å². The van der Waals surface area contributed by atoms with Gasteiger partial charge >= 0.3 is 11.9 Å². The van der Waals surface area contributed by atoms with Gasteiger partial charge in [0.05, 0.1) is 11.8 Å². The van der Waals surface area contributed by atoms with Crippen molar-refractivity contribution in [2.24, 2.45) is 11.8 Å². The Morgan fingerprint density at radius 2 is 1.09 bits per heavy atom. The molecule has 0 aromatic carbocycles. The van der Waals surface area contributed by atoms with Crippen LogP contribution in [0.5, 0.6) is 0 Å². The average Bonchev–Trinajstić information content (AvgIpc) is 2.88. The van der Waals surface area contributed by atoms with Crippen molar-refractivity contribution in [3.05, 3.63) is 0 Å². The molecule has 0 unspecified atom stereocenters. The van der Waals surface area contributed by atoms with Crippen LogP contribution in [0.3, 0.4) is 0 Å². The monoisotopic (exact) mass is 518 g/mol. The number of rotatable bonds is 17. The van der Waals surface area contributed by atoms with Gasteiger partial charge < -0.3 is 20.1 Å². The van der Waals surface area contributed by atoms with Crippen molar-refractivity contribution in [2.45, 2.75) is 65.2 Å². The highest BCUT2D eigenvalue weighted by Crippen LogP contribution is 2.30. The lowest BCUT2D eigenvalue weighted by Crippen LogP contribution is -2.34. The summed E-state index contributed by atoms with van der Waals surface area (Å²) >= 11 is 0. The molecular weight excluding hydrogens is 472 g/mol. The van der Waals surface area contributed by atoms with Crippen LogP contribution < -0.4 is 10.6 Å². The van der Waals surface area contributed by atoms with E-state index in [-0.39, 0.29) is 23.8 Å². The van der Waals surface area contributed by atoms with E-state index >= 15 is 0 Å². The second-order valence-corrected chi connectivity index (χ2v) is 11.3. The lowest BCUT2D eigenvalue weighted by atomic mass is 9.99. The number of unbranched alkanes of at least 4 members (excludes halogenated alkanes) is 2. The number of nitrogens with one attached hydrogen (secondary N) is 2. The minimum absolute atomic E-state index is 0.0458. The number of hydrogen-bond acceptors (Lipinski definition) is 10. The smallest absolute Gasteiger partial charge is 0.309 e. The highest BCUT2D eigenvalue weighted by molar-refractivity contribution is 8.74. The minimum Gasteiger partial charge on any atom is -0.464 e. The maximum atomic E-state index is 12.3. The molecule has 0 spiro atoms. The fourth-order valence-corrected chi connectivity index (χ4v) is 6.34. The van der Waals surface area contributed by atoms with Gasteiger partial charge in [0.15, 0.2) is 0 Å². The van der Waals surface area contributed by atoms with Gasteiger partial charge in [-0.15, -0.1) is 0 Å². The van der Waals surface area contributed by atoms with E-state index in [1.165, 1.54) is 0 Å². The van der Waals surface area contributed by atoms with E-state index in [4.69, 9.17) is 9.47 Å². The normalized spacial score (nSPS) is 17.9. The molecule has 10 heteroatoms. The summed E-state index contributed by atoms with van der Waals surface area (Å²) in [7, 11) is 3.44. The number of esters is 2. The molecule has 0 aromatic heterocycles. The lowest BCUT2D eigenvalue weighted by Gasteiger charge is -2.26. The summed E-state index contributed by atoms with van der Waals surface area (Å²) in [5.41, 5.74) is 0. The van der Waals surface area contributed by atoms with E-state index in [0.29, 0.717) is 13.2 Å². The van der Waals surface area contributed by atoms with E-state index < -0.39 is 0 Å². The zero-order chi connectivity index (χ0) is 24.4. The van der Waals surface area contributed by atoms with Gasteiger partial charge in [-0.05, 0) is 64.7 Å². The van der Waals surface area contributed by atoms with Crippen molar-refractivity contribution in [3.8, 4) is 0 Å². The molecule has 8 nitrogen and oxygen atoms in total. The van der Waals surface area contributed by atoms with Crippen molar-refractivity contribution in [3.63, 3.8) is 0 Å². The van der Waals surface area contributed by atoms with Gasteiger partial charge in [0.1, 0.15) is 13.2 Å². The van der Waals surface area contributed by atoms with E-state index in [1.54, 1.807) is 22.0 Å². The van der Waals surface area contributed by atoms with E-state index in [9.17, 15) is 9.59 Å². The summed E-state index contributed by atoms with van der Waals surface area (Å²) in [6.07, 6.45) is 7.97. The number of carbonyl (C=O) groups excluding carboxylic acids is 2. The zero-order valence-electron chi connectivity index (χ0n) is 21.2. The number of hydrogen-bond donors (Lipinski definition) is 2. The van der Waals surface area contributed by atoms with E-state index in [2.05, 4.69) is 33.1 Å². The molecule has 0 amide bonds. The Morgan fingerprint density at radius 3 is 1.44 bits per heavy atom. The molecule has 2 rings (SSSR count). The summed E-state index contributed by atoms with van der Waals surface area (Å²) in [5, 5.41) is 6.58. The van der Waals surface area contributed by atoms with Crippen molar-refractivity contribution in [1.82, 2.24) is 19.2 Å². The largest absolute Gasteiger partial charge is 0.464 e. The van der Waals surface area contributed by atoms with Gasteiger partial charge in [0.2, 0.25) is 0 Å². The Kier molecular flexibility index (Phi) is 16.3. The fraction of sp³-hybridized carbons (Fsp3) is 0.917. The first-order valence-electron chi connectivity index (χ1n) is 13.2. The second kappa shape index (κ2) is 18.7. The Morgan fingerprint density at radius 1 is 0.706 bits per heavy atom. The minimum atomic E-state index is -0.0465. The maximum absolute atomic E-state index is 12.3. The molecule has 0 aliphatic carbocycles. The molecule has 2 aliphatic rings. The zero-order valence-corrected chi connectivity index (χ0v) is 22.9. The van der Waals surface area contributed by atoms with Crippen LogP contribution in [0.1, 0.15) is 65.2 Å². The first-order chi connectivity index (χ1) is 16.6. The average molecular weight is 519 g/mol. The Labute approximate surface area is 214 Å². The number of ether oxygens (including phenoxy) is 2. The molecule has 2 aliphatic heterocycles. The quantitative estimate of drug-likeness (QED) is 0.170. The van der Waals surface area contributed by atoms with Gasteiger partial charge in [0, 0.05) is 48.1 Å². The molecule has 2 fully saturated rings. The van der Waals surface area contributed by atoms with Gasteiger partial charge in [-0.25, -0.2) is 8.61 Å². The fourth-order valence-electron chi connectivity index (χ4n) is 3.98. The molecule has 0 saturated carbocycles. The highest BCUT2D eigenvalue weighted by Gasteiger charge is 2.23. The summed E-state index contributed by atoms with van der Waals surface area (Å²) < 4.78 is 15.8. The van der Waals surface area contributed by atoms with Crippen molar-refractivity contribution < 1.29 is 19.1 Å². The van der Waals surface area contributed by atoms with Crippen molar-refractivity contribution >= 4 is 33.9 Å². The topological polar surface area (TPSA) is 83.1 Å². The number of carbonyl (C=O) groups is 2. The Hall–Kier alpha value is -0.520. The third-order valence-corrected chi connectivity index (χ3v) is 8.96. The molecule has 0 aromatic rings. The standard InChI is InChI=1S/C24H46N4O4S2/c1-3-5-15-27(17-19-31-23(29)21-7-11-25-12-8-21)33-34-28(16-6-4-2)18-20-32-24(30)22-9-13-26-14-10-22/h21-22,25-26H,3-20H2,1-2H3. The molecule has 0 bridgehead atoms. The predicted octanol–water partition coefficient (Wildman–Crippen LogP) is 3.49. The van der Waals surface area contributed by atoms with Crippen LogP contribution in [0, 0.1) is 11.8 Å². The molecule has 0 atom stereocenters. The van der Waals surface area contributed by atoms with Crippen LogP contribution in [0.2, 0.25) is 0 Å². The third kappa shape index (κ3) is 12.4. The molecule has 2 N–H and O–H groups in total. The van der Waals surface area contributed by atoms with Gasteiger partial charge in [-0.3, -0.25) is 9.59 Å². The van der Waals surface area contributed by atoms with E-state index in [0.717, 1.165) is 104 Å². The summed E-state index contributed by atoms with van der Waals surface area (Å²) in [5.74, 6) is -0.00145. The third-order valence-electron chi connectivity index (χ3n) is 6.28. The van der Waals surface area contributed by atoms with Gasteiger partial charge in [-0.2, -0.15) is 0 Å².